The van der Waals surface area contributed by atoms with E-state index in [1.165, 1.54) is 12.1 Å². The molecule has 116 valence electrons. The molecule has 6 heteroatoms. The highest BCUT2D eigenvalue weighted by Gasteiger charge is 2.22. The molecule has 1 heterocycles. The molecular formula is C17H13NO5. The van der Waals surface area contributed by atoms with E-state index in [4.69, 9.17) is 5.11 Å². The van der Waals surface area contributed by atoms with Crippen LogP contribution in [0.15, 0.2) is 29.1 Å². The molecule has 3 N–H and O–H groups in total. The minimum atomic E-state index is -1.25. The van der Waals surface area contributed by atoms with Crippen LogP contribution in [0.1, 0.15) is 31.8 Å². The summed E-state index contributed by atoms with van der Waals surface area (Å²) < 4.78 is 0. The Balaban J connectivity index is 2.47. The third-order valence-corrected chi connectivity index (χ3v) is 4.13. The lowest BCUT2D eigenvalue weighted by molar-refractivity contribution is 0.0685. The van der Waals surface area contributed by atoms with Crippen molar-refractivity contribution in [3.8, 4) is 11.3 Å². The topological polar surface area (TPSA) is 107 Å². The second-order valence-electron chi connectivity index (χ2n) is 5.42. The van der Waals surface area contributed by atoms with Gasteiger partial charge in [-0.1, -0.05) is 6.07 Å². The van der Waals surface area contributed by atoms with Gasteiger partial charge >= 0.3 is 11.9 Å². The molecule has 23 heavy (non-hydrogen) atoms. The summed E-state index contributed by atoms with van der Waals surface area (Å²) in [5.74, 6) is -2.29. The molecule has 0 bridgehead atoms. The van der Waals surface area contributed by atoms with Gasteiger partial charge < -0.3 is 15.2 Å². The zero-order valence-electron chi connectivity index (χ0n) is 12.4. The van der Waals surface area contributed by atoms with Crippen molar-refractivity contribution >= 4 is 22.8 Å². The standard InChI is InChI=1S/C17H13NO5/c1-7-8(2)14-11(15(19)13(7)17(22)23)5-9-3-4-10(16(20)21)6-12(9)18-14/h3-6,18H,1-2H3,(H,20,21)(H,22,23). The fraction of sp³-hybridized carbons (Fsp3) is 0.118. The van der Waals surface area contributed by atoms with Crippen molar-refractivity contribution < 1.29 is 19.8 Å². The zero-order valence-corrected chi connectivity index (χ0v) is 12.4. The fourth-order valence-corrected chi connectivity index (χ4v) is 2.77. The van der Waals surface area contributed by atoms with Gasteiger partial charge in [0.1, 0.15) is 5.56 Å². The molecular weight excluding hydrogens is 298 g/mol. The van der Waals surface area contributed by atoms with Crippen molar-refractivity contribution in [1.29, 1.82) is 0 Å². The van der Waals surface area contributed by atoms with Crippen molar-refractivity contribution in [1.82, 2.24) is 4.98 Å². The van der Waals surface area contributed by atoms with Crippen molar-refractivity contribution in [2.24, 2.45) is 0 Å². The first kappa shape index (κ1) is 14.8. The number of hydrogen-bond donors (Lipinski definition) is 3. The number of rotatable bonds is 2. The first-order valence-electron chi connectivity index (χ1n) is 6.87. The van der Waals surface area contributed by atoms with Crippen LogP contribution < -0.4 is 5.43 Å². The van der Waals surface area contributed by atoms with Gasteiger partial charge in [0.25, 0.3) is 0 Å². The van der Waals surface area contributed by atoms with E-state index in [9.17, 15) is 19.5 Å². The summed E-state index contributed by atoms with van der Waals surface area (Å²) in [5.41, 5.74) is 1.78. The van der Waals surface area contributed by atoms with Gasteiger partial charge in [-0.05, 0) is 48.6 Å². The summed E-state index contributed by atoms with van der Waals surface area (Å²) in [4.78, 5) is 38.0. The maximum Gasteiger partial charge on any atom is 0.339 e. The molecule has 0 amide bonds. The molecule has 0 radical (unpaired) electrons. The van der Waals surface area contributed by atoms with Gasteiger partial charge in [0.2, 0.25) is 5.43 Å². The monoisotopic (exact) mass is 311 g/mol. The predicted molar refractivity (Wildman–Crippen MR) is 84.6 cm³/mol. The van der Waals surface area contributed by atoms with E-state index in [-0.39, 0.29) is 16.7 Å². The maximum absolute atomic E-state index is 12.5. The van der Waals surface area contributed by atoms with Crippen LogP contribution in [-0.2, 0) is 0 Å². The van der Waals surface area contributed by atoms with E-state index >= 15 is 0 Å². The summed E-state index contributed by atoms with van der Waals surface area (Å²) >= 11 is 0. The lowest BCUT2D eigenvalue weighted by atomic mass is 9.92. The molecule has 1 aromatic carbocycles. The Kier molecular flexibility index (Phi) is 3.18. The minimum absolute atomic E-state index is 0.131. The maximum atomic E-state index is 12.5. The van der Waals surface area contributed by atoms with Crippen molar-refractivity contribution in [2.45, 2.75) is 13.8 Å². The number of aromatic carboxylic acids is 2. The van der Waals surface area contributed by atoms with Crippen LogP contribution in [0, 0.1) is 13.8 Å². The Morgan fingerprint density at radius 1 is 1.00 bits per heavy atom. The molecule has 0 spiro atoms. The number of aromatic nitrogens is 1. The number of aromatic amines is 1. The molecule has 0 atom stereocenters. The summed E-state index contributed by atoms with van der Waals surface area (Å²) in [6.45, 7) is 3.32. The second kappa shape index (κ2) is 4.95. The van der Waals surface area contributed by atoms with Gasteiger partial charge in [-0.2, -0.15) is 0 Å². The van der Waals surface area contributed by atoms with E-state index in [0.29, 0.717) is 27.7 Å². The highest BCUT2D eigenvalue weighted by atomic mass is 16.4. The number of hydrogen-bond acceptors (Lipinski definition) is 3. The molecule has 1 aromatic rings. The SMILES string of the molecule is Cc1c2[nH]c3cc(C(=O)O)ccc3cc-2c(=O)c(C(=O)O)c1C. The van der Waals surface area contributed by atoms with Gasteiger partial charge in [0.05, 0.1) is 11.3 Å². The first-order chi connectivity index (χ1) is 10.8. The van der Waals surface area contributed by atoms with E-state index in [1.54, 1.807) is 26.0 Å². The van der Waals surface area contributed by atoms with E-state index in [0.717, 1.165) is 0 Å². The highest BCUT2D eigenvalue weighted by Crippen LogP contribution is 2.29. The lowest BCUT2D eigenvalue weighted by Gasteiger charge is -2.15. The molecule has 0 fully saturated rings. The minimum Gasteiger partial charge on any atom is -0.478 e. The van der Waals surface area contributed by atoms with Crippen LogP contribution in [0.5, 0.6) is 0 Å². The highest BCUT2D eigenvalue weighted by molar-refractivity contribution is 5.97. The van der Waals surface area contributed by atoms with Gasteiger partial charge in [-0.15, -0.1) is 0 Å². The number of H-pyrrole nitrogens is 1. The van der Waals surface area contributed by atoms with Gasteiger partial charge in [-0.25, -0.2) is 9.59 Å². The van der Waals surface area contributed by atoms with Crippen molar-refractivity contribution in [3.05, 3.63) is 56.7 Å². The lowest BCUT2D eigenvalue weighted by Crippen LogP contribution is -2.21. The Labute approximate surface area is 130 Å². The quantitative estimate of drug-likeness (QED) is 0.631. The predicted octanol–water partition coefficient (Wildman–Crippen LogP) is 2.65. The molecule has 0 unspecified atom stereocenters. The number of fused-ring (bicyclic) bond motifs is 2. The number of carboxylic acids is 2. The summed E-state index contributed by atoms with van der Waals surface area (Å²) in [5, 5.41) is 19.0. The Morgan fingerprint density at radius 2 is 1.70 bits per heavy atom. The first-order valence-corrected chi connectivity index (χ1v) is 6.87. The van der Waals surface area contributed by atoms with E-state index in [1.807, 2.05) is 0 Å². The largest absolute Gasteiger partial charge is 0.478 e. The van der Waals surface area contributed by atoms with E-state index in [2.05, 4.69) is 4.98 Å². The number of carboxylic acid groups (broad SMARTS) is 2. The number of nitrogens with one attached hydrogen (secondary N) is 1. The van der Waals surface area contributed by atoms with Crippen LogP contribution in [0.4, 0.5) is 0 Å². The zero-order chi connectivity index (χ0) is 16.9. The third kappa shape index (κ3) is 2.15. The molecule has 3 rings (SSSR count). The van der Waals surface area contributed by atoms with Gasteiger partial charge in [-0.3, -0.25) is 4.79 Å². The number of pyridine rings is 1. The van der Waals surface area contributed by atoms with E-state index < -0.39 is 17.4 Å². The summed E-state index contributed by atoms with van der Waals surface area (Å²) in [7, 11) is 0. The molecule has 6 nitrogen and oxygen atoms in total. The van der Waals surface area contributed by atoms with Crippen LogP contribution in [0.25, 0.3) is 22.2 Å². The second-order valence-corrected chi connectivity index (χ2v) is 5.42. The molecule has 1 aliphatic heterocycles. The smallest absolute Gasteiger partial charge is 0.339 e. The summed E-state index contributed by atoms with van der Waals surface area (Å²) in [6, 6.07) is 6.10. The van der Waals surface area contributed by atoms with Gasteiger partial charge in [0, 0.05) is 11.1 Å². The molecule has 0 aromatic heterocycles. The molecule has 0 saturated heterocycles. The number of benzene rings is 2. The Morgan fingerprint density at radius 3 is 2.30 bits per heavy atom. The molecule has 2 aliphatic rings. The fourth-order valence-electron chi connectivity index (χ4n) is 2.77. The number of carbonyl (C=O) groups is 2. The summed E-state index contributed by atoms with van der Waals surface area (Å²) in [6.07, 6.45) is 0. The van der Waals surface area contributed by atoms with Crippen molar-refractivity contribution in [3.63, 3.8) is 0 Å². The normalized spacial score (nSPS) is 11.0. The van der Waals surface area contributed by atoms with Gasteiger partial charge in [0.15, 0.2) is 0 Å². The third-order valence-electron chi connectivity index (χ3n) is 4.13. The Bertz CT molecular complexity index is 1020. The average molecular weight is 311 g/mol. The van der Waals surface area contributed by atoms with Crippen LogP contribution in [-0.4, -0.2) is 27.1 Å². The van der Waals surface area contributed by atoms with Crippen LogP contribution in [0.2, 0.25) is 0 Å². The van der Waals surface area contributed by atoms with Crippen molar-refractivity contribution in [2.75, 3.05) is 0 Å². The Hall–Kier alpha value is -3.15. The van der Waals surface area contributed by atoms with Crippen LogP contribution in [0.3, 0.4) is 0 Å². The average Bonchev–Trinajstić information content (AvgIpc) is 2.50. The molecule has 0 saturated carbocycles. The van der Waals surface area contributed by atoms with Crippen LogP contribution >= 0.6 is 0 Å². The molecule has 1 aliphatic carbocycles.